The predicted molar refractivity (Wildman–Crippen MR) is 142 cm³/mol. The number of nitrogens with zero attached hydrogens (tertiary/aromatic N) is 3. The summed E-state index contributed by atoms with van der Waals surface area (Å²) in [7, 11) is 0. The third kappa shape index (κ3) is 5.23. The second-order valence-electron chi connectivity index (χ2n) is 10.4. The molecule has 6 heteroatoms. The first kappa shape index (κ1) is 24.3. The molecule has 0 spiro atoms. The van der Waals surface area contributed by atoms with Gasteiger partial charge in [-0.25, -0.2) is 4.68 Å². The molecule has 1 aromatic heterocycles. The Morgan fingerprint density at radius 1 is 0.889 bits per heavy atom. The number of hydrogen-bond donors (Lipinski definition) is 1. The van der Waals surface area contributed by atoms with Crippen LogP contribution in [0.2, 0.25) is 0 Å². The van der Waals surface area contributed by atoms with E-state index in [4.69, 9.17) is 5.10 Å². The molecule has 188 valence electrons. The van der Waals surface area contributed by atoms with Crippen molar-refractivity contribution in [2.24, 2.45) is 5.92 Å². The van der Waals surface area contributed by atoms with Crippen LogP contribution in [-0.2, 0) is 4.79 Å². The van der Waals surface area contributed by atoms with Gasteiger partial charge in [0.25, 0.3) is 5.91 Å². The third-order valence-electron chi connectivity index (χ3n) is 7.85. The van der Waals surface area contributed by atoms with Crippen LogP contribution >= 0.6 is 0 Å². The highest BCUT2D eigenvalue weighted by atomic mass is 16.2. The molecule has 3 aromatic rings. The number of nitrogens with one attached hydrogen (secondary N) is 1. The monoisotopic (exact) mass is 484 g/mol. The predicted octanol–water partition coefficient (Wildman–Crippen LogP) is 5.46. The van der Waals surface area contributed by atoms with E-state index < -0.39 is 0 Å². The molecule has 2 heterocycles. The molecule has 6 nitrogen and oxygen atoms in total. The van der Waals surface area contributed by atoms with E-state index in [1.165, 1.54) is 17.5 Å². The van der Waals surface area contributed by atoms with Crippen molar-refractivity contribution in [3.8, 4) is 16.9 Å². The highest BCUT2D eigenvalue weighted by Crippen LogP contribution is 2.28. The molecular formula is C30H36N4O2. The van der Waals surface area contributed by atoms with Gasteiger partial charge in [-0.05, 0) is 68.9 Å². The number of carbonyl (C=O) groups is 2. The molecule has 0 radical (unpaired) electrons. The highest BCUT2D eigenvalue weighted by Gasteiger charge is 2.30. The van der Waals surface area contributed by atoms with E-state index in [1.54, 1.807) is 4.68 Å². The Hall–Kier alpha value is -3.41. The number of likely N-dealkylation sites (tertiary alicyclic amines) is 1. The summed E-state index contributed by atoms with van der Waals surface area (Å²) in [6.07, 6.45) is 9.02. The Morgan fingerprint density at radius 2 is 1.61 bits per heavy atom. The Labute approximate surface area is 213 Å². The molecule has 2 fully saturated rings. The van der Waals surface area contributed by atoms with Gasteiger partial charge in [0.1, 0.15) is 5.69 Å². The van der Waals surface area contributed by atoms with Crippen molar-refractivity contribution in [1.29, 1.82) is 0 Å². The van der Waals surface area contributed by atoms with E-state index in [9.17, 15) is 9.59 Å². The van der Waals surface area contributed by atoms with Crippen molar-refractivity contribution in [2.45, 2.75) is 64.8 Å². The largest absolute Gasteiger partial charge is 0.353 e. The second kappa shape index (κ2) is 10.7. The summed E-state index contributed by atoms with van der Waals surface area (Å²) >= 11 is 0. The van der Waals surface area contributed by atoms with Crippen molar-refractivity contribution < 1.29 is 9.59 Å². The van der Waals surface area contributed by atoms with Crippen LogP contribution in [0.5, 0.6) is 0 Å². The molecule has 2 aliphatic rings. The van der Waals surface area contributed by atoms with Crippen molar-refractivity contribution >= 4 is 11.8 Å². The first-order valence-electron chi connectivity index (χ1n) is 13.3. The van der Waals surface area contributed by atoms with Crippen molar-refractivity contribution in [3.63, 3.8) is 0 Å². The number of amides is 2. The number of aryl methyl sites for hydroxylation is 2. The quantitative estimate of drug-likeness (QED) is 0.523. The van der Waals surface area contributed by atoms with E-state index in [2.05, 4.69) is 31.3 Å². The topological polar surface area (TPSA) is 67.2 Å². The molecule has 1 saturated carbocycles. The Kier molecular flexibility index (Phi) is 7.21. The molecule has 2 aromatic carbocycles. The first-order valence-corrected chi connectivity index (χ1v) is 13.3. The Balaban J connectivity index is 1.33. The van der Waals surface area contributed by atoms with Crippen LogP contribution in [0.15, 0.2) is 54.7 Å². The molecule has 5 rings (SSSR count). The minimum absolute atomic E-state index is 0.00228. The summed E-state index contributed by atoms with van der Waals surface area (Å²) in [6.45, 7) is 5.44. The first-order chi connectivity index (χ1) is 17.5. The van der Waals surface area contributed by atoms with Crippen molar-refractivity contribution in [3.05, 3.63) is 71.4 Å². The van der Waals surface area contributed by atoms with Gasteiger partial charge in [0, 0.05) is 36.8 Å². The molecule has 1 N–H and O–H groups in total. The fraction of sp³-hybridized carbons (Fsp3) is 0.433. The lowest BCUT2D eigenvalue weighted by Crippen LogP contribution is -2.48. The summed E-state index contributed by atoms with van der Waals surface area (Å²) in [6, 6.07) is 16.3. The van der Waals surface area contributed by atoms with Gasteiger partial charge < -0.3 is 10.2 Å². The van der Waals surface area contributed by atoms with Crippen LogP contribution in [-0.4, -0.2) is 45.6 Å². The zero-order chi connectivity index (χ0) is 25.1. The summed E-state index contributed by atoms with van der Waals surface area (Å²) in [5.74, 6) is 0.380. The molecule has 36 heavy (non-hydrogen) atoms. The van der Waals surface area contributed by atoms with E-state index in [1.807, 2.05) is 47.5 Å². The maximum Gasteiger partial charge on any atom is 0.257 e. The molecular weight excluding hydrogens is 448 g/mol. The molecule has 2 amide bonds. The van der Waals surface area contributed by atoms with Gasteiger partial charge in [-0.15, -0.1) is 0 Å². The number of benzene rings is 2. The van der Waals surface area contributed by atoms with Crippen LogP contribution in [0.1, 0.15) is 66.4 Å². The number of piperidine rings is 1. The second-order valence-corrected chi connectivity index (χ2v) is 10.4. The maximum atomic E-state index is 13.8. The number of carbonyl (C=O) groups excluding carboxylic acids is 2. The zero-order valence-corrected chi connectivity index (χ0v) is 21.4. The molecule has 1 saturated heterocycles. The van der Waals surface area contributed by atoms with Gasteiger partial charge in [-0.2, -0.15) is 5.10 Å². The summed E-state index contributed by atoms with van der Waals surface area (Å²) in [4.78, 5) is 28.4. The van der Waals surface area contributed by atoms with Crippen LogP contribution in [0.3, 0.4) is 0 Å². The maximum absolute atomic E-state index is 13.8. The number of rotatable bonds is 5. The SMILES string of the molecule is Cc1ccc(-c2nn(-c3ccccc3)cc2C(=O)N2CCC(NC(=O)C3CCCCC3)CC2)cc1C. The number of para-hydroxylation sites is 1. The molecule has 1 aliphatic heterocycles. The fourth-order valence-corrected chi connectivity index (χ4v) is 5.43. The van der Waals surface area contributed by atoms with Crippen LogP contribution in [0.4, 0.5) is 0 Å². The summed E-state index contributed by atoms with van der Waals surface area (Å²) in [5, 5.41) is 8.12. The average molecular weight is 485 g/mol. The number of hydrogen-bond acceptors (Lipinski definition) is 3. The minimum atomic E-state index is 0.00228. The lowest BCUT2D eigenvalue weighted by atomic mass is 9.88. The zero-order valence-electron chi connectivity index (χ0n) is 21.4. The van der Waals surface area contributed by atoms with E-state index in [-0.39, 0.29) is 23.8 Å². The Morgan fingerprint density at radius 3 is 2.31 bits per heavy atom. The summed E-state index contributed by atoms with van der Waals surface area (Å²) < 4.78 is 1.80. The van der Waals surface area contributed by atoms with Gasteiger partial charge in [0.2, 0.25) is 5.91 Å². The van der Waals surface area contributed by atoms with Crippen LogP contribution in [0, 0.1) is 19.8 Å². The van der Waals surface area contributed by atoms with Gasteiger partial charge in [0.15, 0.2) is 0 Å². The van der Waals surface area contributed by atoms with Gasteiger partial charge in [-0.3, -0.25) is 9.59 Å². The molecule has 0 unspecified atom stereocenters. The third-order valence-corrected chi connectivity index (χ3v) is 7.85. The summed E-state index contributed by atoms with van der Waals surface area (Å²) in [5.41, 5.74) is 5.59. The number of aromatic nitrogens is 2. The highest BCUT2D eigenvalue weighted by molar-refractivity contribution is 6.00. The van der Waals surface area contributed by atoms with E-state index in [0.29, 0.717) is 24.3 Å². The van der Waals surface area contributed by atoms with Crippen molar-refractivity contribution in [1.82, 2.24) is 20.0 Å². The average Bonchev–Trinajstić information content (AvgIpc) is 3.37. The lowest BCUT2D eigenvalue weighted by molar-refractivity contribution is -0.126. The standard InChI is InChI=1S/C30H36N4O2/c1-21-13-14-24(19-22(21)2)28-27(20-34(32-28)26-11-7-4-8-12-26)30(36)33-17-15-25(16-18-33)31-29(35)23-9-5-3-6-10-23/h4,7-8,11-14,19-20,23,25H,3,5-6,9-10,15-18H2,1-2H3,(H,31,35). The smallest absolute Gasteiger partial charge is 0.257 e. The normalized spacial score (nSPS) is 17.2. The van der Waals surface area contributed by atoms with Gasteiger partial charge in [0.05, 0.1) is 11.3 Å². The lowest BCUT2D eigenvalue weighted by Gasteiger charge is -2.33. The Bertz CT molecular complexity index is 1220. The molecule has 0 bridgehead atoms. The van der Waals surface area contributed by atoms with E-state index >= 15 is 0 Å². The fourth-order valence-electron chi connectivity index (χ4n) is 5.43. The van der Waals surface area contributed by atoms with Gasteiger partial charge in [-0.1, -0.05) is 49.6 Å². The van der Waals surface area contributed by atoms with E-state index in [0.717, 1.165) is 49.8 Å². The van der Waals surface area contributed by atoms with Crippen LogP contribution < -0.4 is 5.32 Å². The molecule has 1 aliphatic carbocycles. The minimum Gasteiger partial charge on any atom is -0.353 e. The van der Waals surface area contributed by atoms with Gasteiger partial charge >= 0.3 is 0 Å². The molecule has 0 atom stereocenters. The van der Waals surface area contributed by atoms with Crippen LogP contribution in [0.25, 0.3) is 16.9 Å². The van der Waals surface area contributed by atoms with Crippen molar-refractivity contribution in [2.75, 3.05) is 13.1 Å².